The third-order valence-electron chi connectivity index (χ3n) is 12.5. The van der Waals surface area contributed by atoms with Crippen molar-refractivity contribution in [1.82, 2.24) is 5.32 Å². The van der Waals surface area contributed by atoms with Gasteiger partial charge in [0, 0.05) is 19.1 Å². The SMILES string of the molecule is CCO[C@H]1CC[C@@]2(C)C(CC[C@@H]3C2CC[C@]2(C)C4C(CC32)O[C@@]2(CC[C@H](C)CN2)C4C)C1. The summed E-state index contributed by atoms with van der Waals surface area (Å²) in [4.78, 5) is 0. The van der Waals surface area contributed by atoms with E-state index >= 15 is 0 Å². The van der Waals surface area contributed by atoms with Crippen LogP contribution in [0.5, 0.6) is 0 Å². The van der Waals surface area contributed by atoms with E-state index in [0.29, 0.717) is 29.0 Å². The first-order chi connectivity index (χ1) is 15.3. The molecular weight excluding hydrogens is 394 g/mol. The standard InChI is InChI=1S/C29H49NO2/c1-6-31-21-10-12-27(4)20(15-21)7-8-22-23(27)11-13-28(5)24(22)16-25-26(28)19(3)29(32-25)14-9-18(2)17-30-29/h18-26,30H,6-17H2,1-5H3/t18-,19?,20?,21-,22+,23?,24?,25?,26?,27-,28-,29-/m0/s1. The van der Waals surface area contributed by atoms with Crippen LogP contribution in [0.3, 0.4) is 0 Å². The number of piperidine rings is 1. The van der Waals surface area contributed by atoms with Gasteiger partial charge in [-0.1, -0.05) is 27.7 Å². The van der Waals surface area contributed by atoms with E-state index in [1.165, 1.54) is 64.2 Å². The maximum absolute atomic E-state index is 7.06. The van der Waals surface area contributed by atoms with Gasteiger partial charge in [0.15, 0.2) is 0 Å². The zero-order valence-corrected chi connectivity index (χ0v) is 21.5. The molecule has 0 aromatic heterocycles. The van der Waals surface area contributed by atoms with Crippen molar-refractivity contribution >= 4 is 0 Å². The van der Waals surface area contributed by atoms with E-state index in [4.69, 9.17) is 9.47 Å². The van der Waals surface area contributed by atoms with Crippen molar-refractivity contribution in [3.63, 3.8) is 0 Å². The van der Waals surface area contributed by atoms with Crippen LogP contribution in [-0.2, 0) is 9.47 Å². The van der Waals surface area contributed by atoms with Crippen molar-refractivity contribution in [1.29, 1.82) is 0 Å². The lowest BCUT2D eigenvalue weighted by Gasteiger charge is -2.61. The summed E-state index contributed by atoms with van der Waals surface area (Å²) in [5.74, 6) is 5.87. The van der Waals surface area contributed by atoms with E-state index in [0.717, 1.165) is 48.7 Å². The summed E-state index contributed by atoms with van der Waals surface area (Å²) in [6.07, 6.45) is 14.8. The largest absolute Gasteiger partial charge is 0.378 e. The summed E-state index contributed by atoms with van der Waals surface area (Å²) in [7, 11) is 0. The Morgan fingerprint density at radius 1 is 0.906 bits per heavy atom. The molecule has 3 nitrogen and oxygen atoms in total. The van der Waals surface area contributed by atoms with Crippen molar-refractivity contribution in [3.05, 3.63) is 0 Å². The van der Waals surface area contributed by atoms with Gasteiger partial charge in [-0.15, -0.1) is 0 Å². The van der Waals surface area contributed by atoms with Gasteiger partial charge in [0.2, 0.25) is 0 Å². The van der Waals surface area contributed by atoms with Crippen LogP contribution in [0.2, 0.25) is 0 Å². The van der Waals surface area contributed by atoms with Crippen LogP contribution in [-0.4, -0.2) is 31.1 Å². The van der Waals surface area contributed by atoms with Crippen LogP contribution in [0, 0.1) is 52.3 Å². The van der Waals surface area contributed by atoms with Gasteiger partial charge >= 0.3 is 0 Å². The molecule has 1 N–H and O–H groups in total. The molecule has 12 atom stereocenters. The van der Waals surface area contributed by atoms with Gasteiger partial charge in [-0.2, -0.15) is 0 Å². The second kappa shape index (κ2) is 7.69. The Bertz CT molecular complexity index is 716. The third kappa shape index (κ3) is 3.02. The maximum Gasteiger partial charge on any atom is 0.122 e. The summed E-state index contributed by atoms with van der Waals surface area (Å²) in [6, 6.07) is 0. The Balaban J connectivity index is 1.22. The van der Waals surface area contributed by atoms with E-state index in [2.05, 4.69) is 39.9 Å². The average Bonchev–Trinajstić information content (AvgIpc) is 3.21. The van der Waals surface area contributed by atoms with Crippen LogP contribution in [0.15, 0.2) is 0 Å². The number of fused-ring (bicyclic) bond motifs is 7. The Labute approximate surface area is 197 Å². The molecule has 0 bridgehead atoms. The van der Waals surface area contributed by atoms with Crippen molar-refractivity contribution in [2.24, 2.45) is 52.3 Å². The number of nitrogens with one attached hydrogen (secondary N) is 1. The molecule has 6 unspecified atom stereocenters. The first-order valence-electron chi connectivity index (χ1n) is 14.3. The van der Waals surface area contributed by atoms with Crippen molar-refractivity contribution < 1.29 is 9.47 Å². The summed E-state index contributed by atoms with van der Waals surface area (Å²) >= 11 is 0. The van der Waals surface area contributed by atoms with Crippen molar-refractivity contribution in [2.75, 3.05) is 13.2 Å². The zero-order chi connectivity index (χ0) is 22.3. The average molecular weight is 444 g/mol. The Kier molecular flexibility index (Phi) is 5.37. The number of hydrogen-bond acceptors (Lipinski definition) is 3. The molecule has 6 rings (SSSR count). The summed E-state index contributed by atoms with van der Waals surface area (Å²) in [5, 5.41) is 3.92. The van der Waals surface area contributed by atoms with E-state index < -0.39 is 0 Å². The van der Waals surface area contributed by atoms with Crippen molar-refractivity contribution in [3.8, 4) is 0 Å². The molecule has 2 aliphatic heterocycles. The fraction of sp³-hybridized carbons (Fsp3) is 1.00. The molecule has 3 heteroatoms. The molecule has 182 valence electrons. The minimum Gasteiger partial charge on any atom is -0.378 e. The third-order valence-corrected chi connectivity index (χ3v) is 12.5. The van der Waals surface area contributed by atoms with Crippen LogP contribution < -0.4 is 5.32 Å². The Hall–Kier alpha value is -0.120. The molecule has 6 fully saturated rings. The highest BCUT2D eigenvalue weighted by molar-refractivity contribution is 5.16. The molecule has 0 aromatic carbocycles. The van der Waals surface area contributed by atoms with E-state index in [9.17, 15) is 0 Å². The highest BCUT2D eigenvalue weighted by Gasteiger charge is 2.68. The quantitative estimate of drug-likeness (QED) is 0.535. The van der Waals surface area contributed by atoms with Crippen LogP contribution >= 0.6 is 0 Å². The topological polar surface area (TPSA) is 30.5 Å². The van der Waals surface area contributed by atoms with Crippen LogP contribution in [0.1, 0.15) is 98.8 Å². The van der Waals surface area contributed by atoms with Gasteiger partial charge in [0.1, 0.15) is 5.72 Å². The first kappa shape index (κ1) is 22.4. The highest BCUT2D eigenvalue weighted by atomic mass is 16.5. The molecule has 0 amide bonds. The molecule has 0 radical (unpaired) electrons. The summed E-state index contributed by atoms with van der Waals surface area (Å²) in [6.45, 7) is 14.5. The minimum atomic E-state index is -0.0199. The second-order valence-electron chi connectivity index (χ2n) is 13.7. The smallest absolute Gasteiger partial charge is 0.122 e. The van der Waals surface area contributed by atoms with Gasteiger partial charge in [-0.3, -0.25) is 5.32 Å². The minimum absolute atomic E-state index is 0.0199. The summed E-state index contributed by atoms with van der Waals surface area (Å²) < 4.78 is 13.2. The van der Waals surface area contributed by atoms with Crippen molar-refractivity contribution in [2.45, 2.75) is 117 Å². The summed E-state index contributed by atoms with van der Waals surface area (Å²) in [5.41, 5.74) is 1.03. The molecule has 1 spiro atoms. The lowest BCUT2D eigenvalue weighted by Crippen LogP contribution is -2.57. The van der Waals surface area contributed by atoms with Gasteiger partial charge < -0.3 is 9.47 Å². The lowest BCUT2D eigenvalue weighted by molar-refractivity contribution is -0.145. The molecule has 6 aliphatic rings. The molecule has 0 aromatic rings. The molecule has 32 heavy (non-hydrogen) atoms. The molecule has 2 heterocycles. The predicted molar refractivity (Wildman–Crippen MR) is 129 cm³/mol. The van der Waals surface area contributed by atoms with Crippen LogP contribution in [0.25, 0.3) is 0 Å². The zero-order valence-electron chi connectivity index (χ0n) is 21.5. The van der Waals surface area contributed by atoms with E-state index in [1.54, 1.807) is 0 Å². The number of hydrogen-bond donors (Lipinski definition) is 1. The molecule has 4 aliphatic carbocycles. The Morgan fingerprint density at radius 2 is 1.72 bits per heavy atom. The van der Waals surface area contributed by atoms with E-state index in [1.807, 2.05) is 0 Å². The second-order valence-corrected chi connectivity index (χ2v) is 13.7. The fourth-order valence-electron chi connectivity index (χ4n) is 10.8. The normalized spacial score (nSPS) is 59.3. The molecule has 4 saturated carbocycles. The van der Waals surface area contributed by atoms with Gasteiger partial charge in [0.25, 0.3) is 0 Å². The van der Waals surface area contributed by atoms with E-state index in [-0.39, 0.29) is 5.72 Å². The maximum atomic E-state index is 7.06. The Morgan fingerprint density at radius 3 is 2.47 bits per heavy atom. The van der Waals surface area contributed by atoms with Gasteiger partial charge in [0.05, 0.1) is 12.2 Å². The van der Waals surface area contributed by atoms with Gasteiger partial charge in [-0.05, 0) is 117 Å². The first-order valence-corrected chi connectivity index (χ1v) is 14.3. The molecule has 2 saturated heterocycles. The highest BCUT2D eigenvalue weighted by Crippen LogP contribution is 2.71. The monoisotopic (exact) mass is 443 g/mol. The fourth-order valence-corrected chi connectivity index (χ4v) is 10.8. The van der Waals surface area contributed by atoms with Gasteiger partial charge in [-0.25, -0.2) is 0 Å². The number of ether oxygens (including phenoxy) is 2. The number of rotatable bonds is 2. The molecular formula is C29H49NO2. The predicted octanol–water partition coefficient (Wildman–Crippen LogP) is 6.41. The van der Waals surface area contributed by atoms with Crippen LogP contribution in [0.4, 0.5) is 0 Å². The lowest BCUT2D eigenvalue weighted by atomic mass is 9.44.